The van der Waals surface area contributed by atoms with E-state index in [1.807, 2.05) is 12.1 Å². The molecule has 0 aliphatic carbocycles. The number of hydrogen-bond acceptors (Lipinski definition) is 5. The van der Waals surface area contributed by atoms with Gasteiger partial charge in [-0.05, 0) is 64.5 Å². The maximum absolute atomic E-state index is 12.9. The molecule has 0 aliphatic rings. The second kappa shape index (κ2) is 8.86. The Labute approximate surface area is 199 Å². The van der Waals surface area contributed by atoms with E-state index in [4.69, 9.17) is 21.1 Å². The predicted octanol–water partition coefficient (Wildman–Crippen LogP) is 5.87. The number of nitrogens with zero attached hydrogens (tertiary/aromatic N) is 3. The fraction of sp³-hybridized carbons (Fsp3) is 0.0952. The second-order valence-corrected chi connectivity index (χ2v) is 8.61. The first-order chi connectivity index (χ1) is 14.9. The average molecular weight is 567 g/mol. The van der Waals surface area contributed by atoms with Gasteiger partial charge in [0.2, 0.25) is 0 Å². The van der Waals surface area contributed by atoms with Crippen LogP contribution in [0.25, 0.3) is 16.7 Å². The zero-order valence-electron chi connectivity index (χ0n) is 16.3. The SMILES string of the molecule is COc1ccc(-n2nc3ccc(NC(=O)c4cc(Br)cc(Br)c4OC)cc3n2)cc1Cl. The van der Waals surface area contributed by atoms with Crippen LogP contribution in [0.3, 0.4) is 0 Å². The molecule has 1 aromatic heterocycles. The van der Waals surface area contributed by atoms with Crippen LogP contribution in [0.1, 0.15) is 10.4 Å². The zero-order chi connectivity index (χ0) is 22.1. The van der Waals surface area contributed by atoms with E-state index in [0.29, 0.717) is 49.0 Å². The van der Waals surface area contributed by atoms with Crippen molar-refractivity contribution < 1.29 is 14.3 Å². The minimum atomic E-state index is -0.312. The van der Waals surface area contributed by atoms with Crippen molar-refractivity contribution in [3.63, 3.8) is 0 Å². The molecular formula is C21H15Br2ClN4O3. The van der Waals surface area contributed by atoms with Gasteiger partial charge in [-0.15, -0.1) is 10.2 Å². The van der Waals surface area contributed by atoms with E-state index in [1.54, 1.807) is 43.5 Å². The zero-order valence-corrected chi connectivity index (χ0v) is 20.2. The molecule has 1 amide bonds. The van der Waals surface area contributed by atoms with E-state index in [-0.39, 0.29) is 5.91 Å². The average Bonchev–Trinajstić information content (AvgIpc) is 3.16. The molecule has 3 aromatic carbocycles. The Balaban J connectivity index is 1.63. The second-order valence-electron chi connectivity index (χ2n) is 6.43. The van der Waals surface area contributed by atoms with E-state index in [0.717, 1.165) is 4.47 Å². The van der Waals surface area contributed by atoms with Crippen molar-refractivity contribution in [2.24, 2.45) is 0 Å². The van der Waals surface area contributed by atoms with Crippen molar-refractivity contribution in [3.8, 4) is 17.2 Å². The summed E-state index contributed by atoms with van der Waals surface area (Å²) in [5, 5.41) is 12.3. The van der Waals surface area contributed by atoms with Crippen LogP contribution in [0.15, 0.2) is 57.5 Å². The number of halogens is 3. The Morgan fingerprint density at radius 2 is 1.77 bits per heavy atom. The summed E-state index contributed by atoms with van der Waals surface area (Å²) in [4.78, 5) is 14.3. The Morgan fingerprint density at radius 1 is 1.00 bits per heavy atom. The highest BCUT2D eigenvalue weighted by atomic mass is 79.9. The first kappa shape index (κ1) is 21.6. The minimum Gasteiger partial charge on any atom is -0.495 e. The Kier molecular flexibility index (Phi) is 6.17. The van der Waals surface area contributed by atoms with Gasteiger partial charge in [-0.25, -0.2) is 0 Å². The third-order valence-electron chi connectivity index (χ3n) is 4.46. The van der Waals surface area contributed by atoms with E-state index in [2.05, 4.69) is 47.4 Å². The van der Waals surface area contributed by atoms with Crippen LogP contribution in [-0.4, -0.2) is 35.1 Å². The summed E-state index contributed by atoms with van der Waals surface area (Å²) in [7, 11) is 3.07. The number of methoxy groups -OCH3 is 2. The van der Waals surface area contributed by atoms with Gasteiger partial charge in [0.25, 0.3) is 5.91 Å². The topological polar surface area (TPSA) is 78.3 Å². The van der Waals surface area contributed by atoms with E-state index in [1.165, 1.54) is 11.9 Å². The molecule has 10 heteroatoms. The van der Waals surface area contributed by atoms with Crippen LogP contribution in [0.4, 0.5) is 5.69 Å². The maximum atomic E-state index is 12.9. The van der Waals surface area contributed by atoms with Crippen molar-refractivity contribution in [2.45, 2.75) is 0 Å². The lowest BCUT2D eigenvalue weighted by Crippen LogP contribution is -2.13. The van der Waals surface area contributed by atoms with Crippen LogP contribution in [0.5, 0.6) is 11.5 Å². The summed E-state index contributed by atoms with van der Waals surface area (Å²) < 4.78 is 12.0. The molecule has 0 fully saturated rings. The lowest BCUT2D eigenvalue weighted by molar-refractivity contribution is 0.102. The number of benzene rings is 3. The fourth-order valence-corrected chi connectivity index (χ4v) is 4.66. The maximum Gasteiger partial charge on any atom is 0.259 e. The van der Waals surface area contributed by atoms with Gasteiger partial charge in [0, 0.05) is 10.2 Å². The number of aromatic nitrogens is 3. The first-order valence-corrected chi connectivity index (χ1v) is 10.9. The van der Waals surface area contributed by atoms with E-state index < -0.39 is 0 Å². The van der Waals surface area contributed by atoms with Crippen molar-refractivity contribution >= 4 is 66.1 Å². The lowest BCUT2D eigenvalue weighted by atomic mass is 10.1. The Hall–Kier alpha value is -2.62. The summed E-state index contributed by atoms with van der Waals surface area (Å²) in [5.74, 6) is 0.707. The number of rotatable bonds is 5. The van der Waals surface area contributed by atoms with Gasteiger partial charge < -0.3 is 14.8 Å². The molecule has 1 heterocycles. The lowest BCUT2D eigenvalue weighted by Gasteiger charge is -2.11. The van der Waals surface area contributed by atoms with Gasteiger partial charge in [0.15, 0.2) is 0 Å². The highest BCUT2D eigenvalue weighted by Gasteiger charge is 2.17. The van der Waals surface area contributed by atoms with Gasteiger partial charge in [-0.3, -0.25) is 4.79 Å². The smallest absolute Gasteiger partial charge is 0.259 e. The van der Waals surface area contributed by atoms with Gasteiger partial charge >= 0.3 is 0 Å². The number of amides is 1. The summed E-state index contributed by atoms with van der Waals surface area (Å²) in [6.07, 6.45) is 0. The monoisotopic (exact) mass is 564 g/mol. The summed E-state index contributed by atoms with van der Waals surface area (Å²) in [5.41, 5.74) is 2.95. The van der Waals surface area contributed by atoms with Crippen LogP contribution < -0.4 is 14.8 Å². The molecule has 0 aliphatic heterocycles. The number of carbonyl (C=O) groups is 1. The van der Waals surface area contributed by atoms with Gasteiger partial charge in [0.1, 0.15) is 22.5 Å². The highest BCUT2D eigenvalue weighted by Crippen LogP contribution is 2.33. The summed E-state index contributed by atoms with van der Waals surface area (Å²) in [6, 6.07) is 14.1. The van der Waals surface area contributed by atoms with Crippen molar-refractivity contribution in [3.05, 3.63) is 68.1 Å². The quantitative estimate of drug-likeness (QED) is 0.327. The first-order valence-electron chi connectivity index (χ1n) is 8.95. The van der Waals surface area contributed by atoms with Crippen molar-refractivity contribution in [1.82, 2.24) is 15.0 Å². The number of fused-ring (bicyclic) bond motifs is 1. The number of ether oxygens (including phenoxy) is 2. The van der Waals surface area contributed by atoms with Crippen LogP contribution in [0, 0.1) is 0 Å². The Morgan fingerprint density at radius 3 is 2.48 bits per heavy atom. The molecule has 0 atom stereocenters. The molecule has 0 radical (unpaired) electrons. The standard InChI is InChI=1S/C21H15Br2ClN4O3/c1-30-19-6-4-13(10-16(19)24)28-26-17-5-3-12(9-18(17)27-28)25-21(29)14-7-11(22)8-15(23)20(14)31-2/h3-10H,1-2H3,(H,25,29). The van der Waals surface area contributed by atoms with Crippen LogP contribution in [0.2, 0.25) is 5.02 Å². The van der Waals surface area contributed by atoms with Crippen LogP contribution >= 0.6 is 43.5 Å². The predicted molar refractivity (Wildman–Crippen MR) is 127 cm³/mol. The molecule has 7 nitrogen and oxygen atoms in total. The molecule has 0 unspecified atom stereocenters. The van der Waals surface area contributed by atoms with E-state index >= 15 is 0 Å². The molecule has 0 spiro atoms. The fourth-order valence-electron chi connectivity index (χ4n) is 3.02. The molecular weight excluding hydrogens is 552 g/mol. The normalized spacial score (nSPS) is 10.9. The largest absolute Gasteiger partial charge is 0.495 e. The molecule has 31 heavy (non-hydrogen) atoms. The number of hydrogen-bond donors (Lipinski definition) is 1. The number of carbonyl (C=O) groups excluding carboxylic acids is 1. The van der Waals surface area contributed by atoms with Gasteiger partial charge in [-0.2, -0.15) is 4.80 Å². The van der Waals surface area contributed by atoms with Gasteiger partial charge in [-0.1, -0.05) is 27.5 Å². The molecule has 4 rings (SSSR count). The molecule has 4 aromatic rings. The summed E-state index contributed by atoms with van der Waals surface area (Å²) >= 11 is 13.0. The number of nitrogens with one attached hydrogen (secondary N) is 1. The van der Waals surface area contributed by atoms with Crippen molar-refractivity contribution in [2.75, 3.05) is 19.5 Å². The van der Waals surface area contributed by atoms with Crippen molar-refractivity contribution in [1.29, 1.82) is 0 Å². The third-order valence-corrected chi connectivity index (χ3v) is 5.80. The minimum absolute atomic E-state index is 0.312. The van der Waals surface area contributed by atoms with Crippen LogP contribution in [-0.2, 0) is 0 Å². The van der Waals surface area contributed by atoms with E-state index in [9.17, 15) is 4.79 Å². The highest BCUT2D eigenvalue weighted by molar-refractivity contribution is 9.11. The number of anilines is 1. The molecule has 0 saturated carbocycles. The molecule has 0 bridgehead atoms. The Bertz CT molecular complexity index is 1310. The van der Waals surface area contributed by atoms with Gasteiger partial charge in [0.05, 0.1) is 35.0 Å². The molecule has 0 saturated heterocycles. The third kappa shape index (κ3) is 4.39. The molecule has 1 N–H and O–H groups in total. The molecule has 158 valence electrons. The summed E-state index contributed by atoms with van der Waals surface area (Å²) in [6.45, 7) is 0.